The predicted octanol–water partition coefficient (Wildman–Crippen LogP) is 3.92. The number of nitrogens with zero attached hydrogens (tertiary/aromatic N) is 3. The summed E-state index contributed by atoms with van der Waals surface area (Å²) in [5.74, 6) is -0.885. The largest absolute Gasteiger partial charge is 0.439 e. The topological polar surface area (TPSA) is 109 Å². The van der Waals surface area contributed by atoms with Crippen molar-refractivity contribution in [3.63, 3.8) is 0 Å². The fourth-order valence-corrected chi connectivity index (χ4v) is 6.25. The van der Waals surface area contributed by atoms with Crippen LogP contribution in [0.25, 0.3) is 5.76 Å². The first kappa shape index (κ1) is 20.8. The van der Waals surface area contributed by atoms with Crippen LogP contribution in [-0.2, 0) is 21.3 Å². The number of hydrogen-bond acceptors (Lipinski definition) is 6. The molecule has 1 aromatic heterocycles. The van der Waals surface area contributed by atoms with Crippen molar-refractivity contribution in [2.45, 2.75) is 19.4 Å². The summed E-state index contributed by atoms with van der Waals surface area (Å²) < 4.78 is 35.5. The van der Waals surface area contributed by atoms with Gasteiger partial charge in [-0.15, -0.1) is 0 Å². The maximum atomic E-state index is 14.1. The van der Waals surface area contributed by atoms with E-state index in [1.165, 1.54) is 4.31 Å². The number of pyridine rings is 1. The number of para-hydroxylation sites is 1. The van der Waals surface area contributed by atoms with Gasteiger partial charge in [0.05, 0.1) is 18.2 Å². The SMILES string of the molecule is Cc1cccc(CN2c3ccccc3C3=C([C@H](c4cccnc4)C(C#N)=C(N)O3)S2(=O)=O)c1. The van der Waals surface area contributed by atoms with Gasteiger partial charge in [-0.25, -0.2) is 8.42 Å². The van der Waals surface area contributed by atoms with E-state index < -0.39 is 15.9 Å². The molecular weight excluding hydrogens is 436 g/mol. The van der Waals surface area contributed by atoms with Gasteiger partial charge in [0.15, 0.2) is 5.76 Å². The number of allylic oxidation sites excluding steroid dienone is 2. The van der Waals surface area contributed by atoms with Crippen molar-refractivity contribution in [1.29, 1.82) is 5.26 Å². The number of nitriles is 1. The Morgan fingerprint density at radius 3 is 2.70 bits per heavy atom. The van der Waals surface area contributed by atoms with E-state index in [-0.39, 0.29) is 28.7 Å². The molecule has 0 unspecified atom stereocenters. The lowest BCUT2D eigenvalue weighted by molar-refractivity contribution is 0.357. The van der Waals surface area contributed by atoms with E-state index in [0.29, 0.717) is 16.8 Å². The highest BCUT2D eigenvalue weighted by atomic mass is 32.2. The summed E-state index contributed by atoms with van der Waals surface area (Å²) in [6.45, 7) is 2.10. The Kier molecular flexibility index (Phi) is 4.91. The average Bonchev–Trinajstić information content (AvgIpc) is 2.81. The lowest BCUT2D eigenvalue weighted by Crippen LogP contribution is -2.39. The van der Waals surface area contributed by atoms with Crippen molar-refractivity contribution in [2.24, 2.45) is 5.73 Å². The summed E-state index contributed by atoms with van der Waals surface area (Å²) in [6, 6.07) is 20.3. The lowest BCUT2D eigenvalue weighted by atomic mass is 9.89. The van der Waals surface area contributed by atoms with Gasteiger partial charge in [0.1, 0.15) is 16.5 Å². The molecular formula is C25H20N4O3S. The van der Waals surface area contributed by atoms with Gasteiger partial charge < -0.3 is 10.5 Å². The molecule has 3 aromatic rings. The molecule has 0 aliphatic carbocycles. The number of aromatic nitrogens is 1. The maximum Gasteiger partial charge on any atom is 0.265 e. The van der Waals surface area contributed by atoms with Crippen LogP contribution in [0.4, 0.5) is 5.69 Å². The van der Waals surface area contributed by atoms with Crippen LogP contribution >= 0.6 is 0 Å². The fraction of sp³-hybridized carbons (Fsp3) is 0.120. The number of ether oxygens (including phenoxy) is 1. The molecule has 0 fully saturated rings. The minimum absolute atomic E-state index is 0.00685. The highest BCUT2D eigenvalue weighted by Crippen LogP contribution is 2.51. The number of nitrogens with two attached hydrogens (primary N) is 1. The molecule has 8 heteroatoms. The van der Waals surface area contributed by atoms with E-state index in [4.69, 9.17) is 10.5 Å². The van der Waals surface area contributed by atoms with E-state index >= 15 is 0 Å². The van der Waals surface area contributed by atoms with E-state index in [2.05, 4.69) is 11.1 Å². The number of benzene rings is 2. The summed E-state index contributed by atoms with van der Waals surface area (Å²) in [6.07, 6.45) is 3.14. The summed E-state index contributed by atoms with van der Waals surface area (Å²) >= 11 is 0. The lowest BCUT2D eigenvalue weighted by Gasteiger charge is -2.38. The van der Waals surface area contributed by atoms with Crippen molar-refractivity contribution in [3.8, 4) is 6.07 Å². The second-order valence-electron chi connectivity index (χ2n) is 7.92. The highest BCUT2D eigenvalue weighted by Gasteiger charge is 2.47. The van der Waals surface area contributed by atoms with Crippen LogP contribution in [0, 0.1) is 18.3 Å². The molecule has 164 valence electrons. The molecule has 33 heavy (non-hydrogen) atoms. The van der Waals surface area contributed by atoms with Gasteiger partial charge in [0, 0.05) is 18.0 Å². The van der Waals surface area contributed by atoms with Crippen LogP contribution in [0.15, 0.2) is 89.4 Å². The number of sulfonamides is 1. The van der Waals surface area contributed by atoms with Gasteiger partial charge in [-0.05, 0) is 36.2 Å². The van der Waals surface area contributed by atoms with Crippen molar-refractivity contribution in [1.82, 2.24) is 4.98 Å². The molecule has 0 amide bonds. The molecule has 0 spiro atoms. The second-order valence-corrected chi connectivity index (χ2v) is 9.75. The molecule has 2 aliphatic heterocycles. The Bertz CT molecular complexity index is 1470. The zero-order valence-electron chi connectivity index (χ0n) is 17.8. The third-order valence-corrected chi connectivity index (χ3v) is 7.67. The van der Waals surface area contributed by atoms with Gasteiger partial charge in [-0.1, -0.05) is 48.0 Å². The van der Waals surface area contributed by atoms with Crippen LogP contribution in [0.3, 0.4) is 0 Å². The van der Waals surface area contributed by atoms with Gasteiger partial charge in [0.25, 0.3) is 10.0 Å². The quantitative estimate of drug-likeness (QED) is 0.640. The average molecular weight is 457 g/mol. The molecule has 0 radical (unpaired) electrons. The Morgan fingerprint density at radius 1 is 1.15 bits per heavy atom. The second kappa shape index (κ2) is 7.80. The van der Waals surface area contributed by atoms with E-state index in [0.717, 1.165) is 11.1 Å². The number of hydrogen-bond donors (Lipinski definition) is 1. The number of rotatable bonds is 3. The van der Waals surface area contributed by atoms with Crippen LogP contribution in [0.2, 0.25) is 0 Å². The molecule has 2 N–H and O–H groups in total. The molecule has 3 heterocycles. The Morgan fingerprint density at radius 2 is 1.97 bits per heavy atom. The third kappa shape index (κ3) is 3.34. The zero-order chi connectivity index (χ0) is 23.2. The first-order chi connectivity index (χ1) is 15.9. The van der Waals surface area contributed by atoms with Crippen LogP contribution in [-0.4, -0.2) is 13.4 Å². The molecule has 1 atom stereocenters. The third-order valence-electron chi connectivity index (χ3n) is 5.78. The summed E-state index contributed by atoms with van der Waals surface area (Å²) in [5.41, 5.74) is 9.69. The van der Waals surface area contributed by atoms with Crippen molar-refractivity contribution in [2.75, 3.05) is 4.31 Å². The van der Waals surface area contributed by atoms with Gasteiger partial charge in [-0.2, -0.15) is 5.26 Å². The summed E-state index contributed by atoms with van der Waals surface area (Å²) in [5, 5.41) is 9.86. The predicted molar refractivity (Wildman–Crippen MR) is 125 cm³/mol. The normalized spacial score (nSPS) is 18.8. The molecule has 0 saturated heterocycles. The van der Waals surface area contributed by atoms with Gasteiger partial charge >= 0.3 is 0 Å². The number of fused-ring (bicyclic) bond motifs is 2. The van der Waals surface area contributed by atoms with Gasteiger partial charge in [-0.3, -0.25) is 9.29 Å². The molecule has 0 bridgehead atoms. The smallest absolute Gasteiger partial charge is 0.265 e. The fourth-order valence-electron chi connectivity index (χ4n) is 4.34. The van der Waals surface area contributed by atoms with Crippen LogP contribution in [0.1, 0.15) is 28.2 Å². The summed E-state index contributed by atoms with van der Waals surface area (Å²) in [4.78, 5) is 4.13. The monoisotopic (exact) mass is 456 g/mol. The minimum atomic E-state index is -4.09. The Hall–Kier alpha value is -4.09. The molecule has 5 rings (SSSR count). The van der Waals surface area contributed by atoms with Crippen molar-refractivity contribution >= 4 is 21.5 Å². The van der Waals surface area contributed by atoms with Crippen LogP contribution < -0.4 is 10.0 Å². The standard InChI is InChI=1S/C25H20N4O3S/c1-16-6-4-7-17(12-16)15-29-21-10-3-2-9-19(21)23-24(33(29,30)31)22(18-8-5-11-28-14-18)20(13-26)25(27)32-23/h2-12,14,22H,15,27H2,1H3/t22-/m1/s1. The molecule has 2 aliphatic rings. The Labute approximate surface area is 192 Å². The van der Waals surface area contributed by atoms with E-state index in [1.54, 1.807) is 42.7 Å². The zero-order valence-corrected chi connectivity index (χ0v) is 18.6. The molecule has 7 nitrogen and oxygen atoms in total. The van der Waals surface area contributed by atoms with E-state index in [1.807, 2.05) is 37.3 Å². The summed E-state index contributed by atoms with van der Waals surface area (Å²) in [7, 11) is -4.09. The first-order valence-electron chi connectivity index (χ1n) is 10.3. The minimum Gasteiger partial charge on any atom is -0.439 e. The Balaban J connectivity index is 1.76. The first-order valence-corrected chi connectivity index (χ1v) is 11.7. The van der Waals surface area contributed by atoms with Crippen molar-refractivity contribution in [3.05, 3.63) is 112 Å². The van der Waals surface area contributed by atoms with Crippen LogP contribution in [0.5, 0.6) is 0 Å². The van der Waals surface area contributed by atoms with Gasteiger partial charge in [0.2, 0.25) is 5.88 Å². The maximum absolute atomic E-state index is 14.1. The molecule has 2 aromatic carbocycles. The highest BCUT2D eigenvalue weighted by molar-refractivity contribution is 7.96. The van der Waals surface area contributed by atoms with Crippen molar-refractivity contribution < 1.29 is 13.2 Å². The van der Waals surface area contributed by atoms with E-state index in [9.17, 15) is 13.7 Å². The number of anilines is 1. The number of aryl methyl sites for hydroxylation is 1. The molecule has 0 saturated carbocycles.